The summed E-state index contributed by atoms with van der Waals surface area (Å²) in [4.78, 5) is 6.89. The van der Waals surface area contributed by atoms with E-state index in [1.165, 1.54) is 37.9 Å². The summed E-state index contributed by atoms with van der Waals surface area (Å²) in [5, 5.41) is 3.47. The largest absolute Gasteiger partial charge is 0.476 e. The molecule has 118 valence electrons. The molecule has 0 saturated carbocycles. The highest BCUT2D eigenvalue weighted by Gasteiger charge is 2.10. The first-order chi connectivity index (χ1) is 10.3. The number of rotatable bonds is 8. The molecule has 0 radical (unpaired) electrons. The van der Waals surface area contributed by atoms with E-state index < -0.39 is 0 Å². The van der Waals surface area contributed by atoms with Gasteiger partial charge in [0.15, 0.2) is 0 Å². The summed E-state index contributed by atoms with van der Waals surface area (Å²) >= 11 is 0. The van der Waals surface area contributed by atoms with Crippen LogP contribution in [0.25, 0.3) is 0 Å². The lowest BCUT2D eigenvalue weighted by Gasteiger charge is -2.26. The molecule has 0 bridgehead atoms. The molecular formula is C17H29N3O. The van der Waals surface area contributed by atoms with Crippen LogP contribution >= 0.6 is 0 Å². The number of likely N-dealkylation sites (tertiary alicyclic amines) is 1. The quantitative estimate of drug-likeness (QED) is 0.799. The summed E-state index contributed by atoms with van der Waals surface area (Å²) in [5.41, 5.74) is 1.21. The van der Waals surface area contributed by atoms with Crippen LogP contribution in [0.2, 0.25) is 0 Å². The van der Waals surface area contributed by atoms with Crippen molar-refractivity contribution in [2.75, 3.05) is 32.8 Å². The zero-order valence-corrected chi connectivity index (χ0v) is 13.5. The van der Waals surface area contributed by atoms with Gasteiger partial charge in [0, 0.05) is 24.8 Å². The van der Waals surface area contributed by atoms with Crippen molar-refractivity contribution in [3.05, 3.63) is 23.9 Å². The monoisotopic (exact) mass is 291 g/mol. The van der Waals surface area contributed by atoms with E-state index in [2.05, 4.69) is 35.1 Å². The zero-order valence-electron chi connectivity index (χ0n) is 13.5. The Balaban J connectivity index is 1.71. The number of aromatic nitrogens is 1. The number of hydrogen-bond donors (Lipinski definition) is 1. The molecule has 0 amide bonds. The van der Waals surface area contributed by atoms with Crippen LogP contribution in [0.3, 0.4) is 0 Å². The molecule has 4 nitrogen and oxygen atoms in total. The van der Waals surface area contributed by atoms with Gasteiger partial charge in [-0.3, -0.25) is 4.90 Å². The number of ether oxygens (including phenoxy) is 1. The van der Waals surface area contributed by atoms with Gasteiger partial charge in [0.1, 0.15) is 6.61 Å². The molecule has 1 unspecified atom stereocenters. The highest BCUT2D eigenvalue weighted by Crippen LogP contribution is 2.15. The van der Waals surface area contributed by atoms with E-state index in [1.54, 1.807) is 0 Å². The lowest BCUT2D eigenvalue weighted by atomic mass is 10.1. The zero-order chi connectivity index (χ0) is 14.9. The Labute approximate surface area is 128 Å². The first-order valence-electron chi connectivity index (χ1n) is 8.34. The third-order valence-corrected chi connectivity index (χ3v) is 4.07. The maximum Gasteiger partial charge on any atom is 0.213 e. The van der Waals surface area contributed by atoms with Gasteiger partial charge in [0.05, 0.1) is 0 Å². The predicted molar refractivity (Wildman–Crippen MR) is 86.7 cm³/mol. The van der Waals surface area contributed by atoms with Gasteiger partial charge >= 0.3 is 0 Å². The lowest BCUT2D eigenvalue weighted by molar-refractivity contribution is 0.180. The normalized spacial score (nSPS) is 17.6. The molecule has 1 N–H and O–H groups in total. The molecule has 4 heteroatoms. The molecule has 1 aliphatic heterocycles. The van der Waals surface area contributed by atoms with Crippen LogP contribution in [-0.2, 0) is 0 Å². The molecule has 1 atom stereocenters. The van der Waals surface area contributed by atoms with Gasteiger partial charge in [-0.2, -0.15) is 0 Å². The number of nitrogens with one attached hydrogen (secondary N) is 1. The third kappa shape index (κ3) is 5.64. The fraction of sp³-hybridized carbons (Fsp3) is 0.706. The van der Waals surface area contributed by atoms with Gasteiger partial charge in [-0.05, 0) is 51.4 Å². The molecule has 0 aromatic carbocycles. The van der Waals surface area contributed by atoms with E-state index in [0.29, 0.717) is 6.04 Å². The van der Waals surface area contributed by atoms with Crippen molar-refractivity contribution >= 4 is 0 Å². The Morgan fingerprint density at radius 1 is 1.29 bits per heavy atom. The molecule has 21 heavy (non-hydrogen) atoms. The minimum absolute atomic E-state index is 0.347. The third-order valence-electron chi connectivity index (χ3n) is 4.07. The second-order valence-corrected chi connectivity index (χ2v) is 5.86. The molecule has 1 aromatic heterocycles. The molecule has 0 spiro atoms. The van der Waals surface area contributed by atoms with Gasteiger partial charge in [-0.1, -0.05) is 19.4 Å². The Kier molecular flexibility index (Phi) is 6.96. The lowest BCUT2D eigenvalue weighted by Crippen LogP contribution is -2.33. The van der Waals surface area contributed by atoms with Crippen LogP contribution in [-0.4, -0.2) is 42.7 Å². The molecule has 2 rings (SSSR count). The highest BCUT2D eigenvalue weighted by molar-refractivity contribution is 5.20. The smallest absolute Gasteiger partial charge is 0.213 e. The van der Waals surface area contributed by atoms with Gasteiger partial charge in [-0.15, -0.1) is 0 Å². The van der Waals surface area contributed by atoms with Crippen molar-refractivity contribution < 1.29 is 4.74 Å². The van der Waals surface area contributed by atoms with E-state index >= 15 is 0 Å². The summed E-state index contributed by atoms with van der Waals surface area (Å²) in [6.07, 6.45) is 7.11. The van der Waals surface area contributed by atoms with Crippen LogP contribution < -0.4 is 10.1 Å². The second-order valence-electron chi connectivity index (χ2n) is 5.86. The van der Waals surface area contributed by atoms with Crippen LogP contribution in [0.5, 0.6) is 5.88 Å². The van der Waals surface area contributed by atoms with Crippen LogP contribution in [0.15, 0.2) is 18.3 Å². The number of hydrogen-bond acceptors (Lipinski definition) is 4. The van der Waals surface area contributed by atoms with Crippen LogP contribution in [0, 0.1) is 0 Å². The second kappa shape index (κ2) is 9.00. The maximum absolute atomic E-state index is 5.75. The van der Waals surface area contributed by atoms with Gasteiger partial charge in [0.25, 0.3) is 0 Å². The van der Waals surface area contributed by atoms with Gasteiger partial charge in [-0.25, -0.2) is 4.98 Å². The molecule has 0 aliphatic carbocycles. The van der Waals surface area contributed by atoms with Crippen molar-refractivity contribution in [1.82, 2.24) is 15.2 Å². The van der Waals surface area contributed by atoms with Crippen LogP contribution in [0.1, 0.15) is 51.1 Å². The summed E-state index contributed by atoms with van der Waals surface area (Å²) in [6, 6.07) is 4.44. The molecule has 1 saturated heterocycles. The molecule has 1 fully saturated rings. The van der Waals surface area contributed by atoms with Crippen molar-refractivity contribution in [2.45, 2.75) is 45.6 Å². The van der Waals surface area contributed by atoms with Crippen molar-refractivity contribution in [1.29, 1.82) is 0 Å². The fourth-order valence-electron chi connectivity index (χ4n) is 2.67. The predicted octanol–water partition coefficient (Wildman–Crippen LogP) is 3.01. The maximum atomic E-state index is 5.75. The summed E-state index contributed by atoms with van der Waals surface area (Å²) in [7, 11) is 0. The van der Waals surface area contributed by atoms with Crippen LogP contribution in [0.4, 0.5) is 0 Å². The van der Waals surface area contributed by atoms with E-state index in [-0.39, 0.29) is 0 Å². The van der Waals surface area contributed by atoms with Crippen molar-refractivity contribution in [3.63, 3.8) is 0 Å². The minimum Gasteiger partial charge on any atom is -0.476 e. The minimum atomic E-state index is 0.347. The molecule has 1 aromatic rings. The Morgan fingerprint density at radius 2 is 2.10 bits per heavy atom. The van der Waals surface area contributed by atoms with Crippen molar-refractivity contribution in [2.24, 2.45) is 0 Å². The average Bonchev–Trinajstić information content (AvgIpc) is 2.54. The summed E-state index contributed by atoms with van der Waals surface area (Å²) in [6.45, 7) is 9.57. The summed E-state index contributed by atoms with van der Waals surface area (Å²) in [5.74, 6) is 0.735. The Morgan fingerprint density at radius 3 is 2.76 bits per heavy atom. The first kappa shape index (κ1) is 16.2. The van der Waals surface area contributed by atoms with E-state index in [9.17, 15) is 0 Å². The molecule has 1 aliphatic rings. The van der Waals surface area contributed by atoms with E-state index in [4.69, 9.17) is 4.74 Å². The standard InChI is InChI=1S/C17H29N3O/c1-3-9-18-15(2)16-7-8-17(19-14-16)21-13-12-20-10-5-4-6-11-20/h7-8,14-15,18H,3-6,9-13H2,1-2H3. The van der Waals surface area contributed by atoms with Gasteiger partial charge < -0.3 is 10.1 Å². The number of nitrogens with zero attached hydrogens (tertiary/aromatic N) is 2. The molecule has 2 heterocycles. The number of piperidine rings is 1. The SMILES string of the molecule is CCCNC(C)c1ccc(OCCN2CCCCC2)nc1. The van der Waals surface area contributed by atoms with Gasteiger partial charge in [0.2, 0.25) is 5.88 Å². The van der Waals surface area contributed by atoms with E-state index in [1.807, 2.05) is 12.3 Å². The fourth-order valence-corrected chi connectivity index (χ4v) is 2.67. The van der Waals surface area contributed by atoms with Crippen molar-refractivity contribution in [3.8, 4) is 5.88 Å². The first-order valence-corrected chi connectivity index (χ1v) is 8.34. The summed E-state index contributed by atoms with van der Waals surface area (Å²) < 4.78 is 5.75. The topological polar surface area (TPSA) is 37.4 Å². The Hall–Kier alpha value is -1.13. The average molecular weight is 291 g/mol. The Bertz CT molecular complexity index is 388. The van der Waals surface area contributed by atoms with E-state index in [0.717, 1.165) is 32.0 Å². The molecular weight excluding hydrogens is 262 g/mol. The highest BCUT2D eigenvalue weighted by atomic mass is 16.5. The number of pyridine rings is 1.